The van der Waals surface area contributed by atoms with Gasteiger partial charge >= 0.3 is 5.97 Å². The highest BCUT2D eigenvalue weighted by atomic mass is 16.4. The molecule has 10 nitrogen and oxygen atoms in total. The number of carboxylic acids is 1. The Kier molecular flexibility index (Phi) is 5.81. The largest absolute Gasteiger partial charge is 0.478 e. The normalized spacial score (nSPS) is 13.5. The molecule has 0 spiro atoms. The van der Waals surface area contributed by atoms with Crippen LogP contribution in [0.5, 0.6) is 0 Å². The quantitative estimate of drug-likeness (QED) is 0.203. The highest BCUT2D eigenvalue weighted by molar-refractivity contribution is 6.37. The van der Waals surface area contributed by atoms with E-state index < -0.39 is 11.9 Å². The molecule has 0 saturated heterocycles. The number of carboxylic acid groups (broad SMARTS) is 1. The Balaban J connectivity index is 1.34. The Labute approximate surface area is 221 Å². The second-order valence-electron chi connectivity index (χ2n) is 8.74. The maximum Gasteiger partial charge on any atom is 0.335 e. The van der Waals surface area contributed by atoms with E-state index in [1.165, 1.54) is 12.1 Å². The molecule has 0 radical (unpaired) electrons. The number of benzene rings is 3. The van der Waals surface area contributed by atoms with Gasteiger partial charge in [-0.2, -0.15) is 0 Å². The number of H-pyrrole nitrogens is 1. The molecule has 1 aliphatic rings. The van der Waals surface area contributed by atoms with Crippen LogP contribution in [-0.4, -0.2) is 37.8 Å². The number of imidazole rings is 1. The summed E-state index contributed by atoms with van der Waals surface area (Å²) in [5.74, 6) is -1.61. The smallest absolute Gasteiger partial charge is 0.335 e. The molecule has 5 aromatic rings. The molecule has 3 heterocycles. The molecule has 0 bridgehead atoms. The van der Waals surface area contributed by atoms with E-state index in [0.717, 1.165) is 5.52 Å². The van der Waals surface area contributed by atoms with Crippen molar-refractivity contribution in [3.8, 4) is 0 Å². The van der Waals surface area contributed by atoms with E-state index in [2.05, 4.69) is 30.9 Å². The van der Waals surface area contributed by atoms with Gasteiger partial charge in [0.1, 0.15) is 0 Å². The highest BCUT2D eigenvalue weighted by Crippen LogP contribution is 2.38. The average molecular weight is 517 g/mol. The Hall–Kier alpha value is -5.77. The van der Waals surface area contributed by atoms with Gasteiger partial charge in [-0.3, -0.25) is 14.6 Å². The number of nitrogens with one attached hydrogen (secondary N) is 4. The molecule has 1 aliphatic heterocycles. The number of hydrogen-bond acceptors (Lipinski definition) is 6. The van der Waals surface area contributed by atoms with Gasteiger partial charge in [0.05, 0.1) is 39.2 Å². The Morgan fingerprint density at radius 1 is 0.846 bits per heavy atom. The molecule has 10 heteroatoms. The molecule has 3 aromatic carbocycles. The lowest BCUT2D eigenvalue weighted by Crippen LogP contribution is -2.13. The second kappa shape index (κ2) is 9.60. The number of carbonyl (C=O) groups excluding carboxylic acids is 2. The minimum Gasteiger partial charge on any atom is -0.478 e. The van der Waals surface area contributed by atoms with Crippen molar-refractivity contribution in [1.29, 1.82) is 0 Å². The fraction of sp³-hybridized carbons (Fsp3) is 0. The first-order valence-corrected chi connectivity index (χ1v) is 11.9. The fourth-order valence-corrected chi connectivity index (χ4v) is 4.36. The summed E-state index contributed by atoms with van der Waals surface area (Å²) in [4.78, 5) is 49.0. The van der Waals surface area contributed by atoms with Gasteiger partial charge < -0.3 is 26.0 Å². The predicted molar refractivity (Wildman–Crippen MR) is 147 cm³/mol. The molecule has 2 amide bonds. The number of rotatable bonds is 6. The molecule has 2 aromatic heterocycles. The van der Waals surface area contributed by atoms with Gasteiger partial charge in [-0.1, -0.05) is 18.2 Å². The standard InChI is InChI=1S/C29H20N6O4/c36-27-24(25(22-7-3-4-14-30-22)31-17-10-8-16(9-11-17)29(38)39)19-13-12-18(15-23(19)35-27)32-28(37)26-33-20-5-1-2-6-21(20)34-26/h1-15,31H,(H,32,37)(H,33,34)(H,35,36)(H,38,39)/b25-24-. The number of amides is 2. The number of anilines is 3. The molecule has 0 aliphatic carbocycles. The van der Waals surface area contributed by atoms with Gasteiger partial charge in [0.2, 0.25) is 0 Å². The number of aromatic amines is 1. The molecular formula is C29H20N6O4. The van der Waals surface area contributed by atoms with E-state index in [4.69, 9.17) is 0 Å². The number of pyridine rings is 1. The van der Waals surface area contributed by atoms with Crippen molar-refractivity contribution in [2.75, 3.05) is 16.0 Å². The molecule has 0 saturated carbocycles. The van der Waals surface area contributed by atoms with Crippen molar-refractivity contribution in [2.45, 2.75) is 0 Å². The molecule has 0 unspecified atom stereocenters. The van der Waals surface area contributed by atoms with Crippen molar-refractivity contribution in [3.63, 3.8) is 0 Å². The van der Waals surface area contributed by atoms with Gasteiger partial charge in [-0.25, -0.2) is 9.78 Å². The number of carbonyl (C=O) groups is 3. The Morgan fingerprint density at radius 2 is 1.62 bits per heavy atom. The van der Waals surface area contributed by atoms with Crippen molar-refractivity contribution in [2.24, 2.45) is 0 Å². The number of hydrogen-bond donors (Lipinski definition) is 5. The van der Waals surface area contributed by atoms with Crippen LogP contribution in [0.25, 0.3) is 22.3 Å². The van der Waals surface area contributed by atoms with Crippen molar-refractivity contribution >= 4 is 57.1 Å². The zero-order valence-corrected chi connectivity index (χ0v) is 20.2. The van der Waals surface area contributed by atoms with Gasteiger partial charge in [0.15, 0.2) is 5.82 Å². The number of fused-ring (bicyclic) bond motifs is 2. The van der Waals surface area contributed by atoms with Crippen LogP contribution in [0.15, 0.2) is 91.1 Å². The fourth-order valence-electron chi connectivity index (χ4n) is 4.36. The van der Waals surface area contributed by atoms with Crippen LogP contribution in [-0.2, 0) is 4.79 Å². The molecular weight excluding hydrogens is 496 g/mol. The second-order valence-corrected chi connectivity index (χ2v) is 8.74. The van der Waals surface area contributed by atoms with Crippen molar-refractivity contribution in [1.82, 2.24) is 15.0 Å². The van der Waals surface area contributed by atoms with Crippen LogP contribution in [0.4, 0.5) is 17.1 Å². The summed E-state index contributed by atoms with van der Waals surface area (Å²) >= 11 is 0. The van der Waals surface area contributed by atoms with Crippen LogP contribution in [0.2, 0.25) is 0 Å². The zero-order chi connectivity index (χ0) is 26.9. The minimum absolute atomic E-state index is 0.147. The summed E-state index contributed by atoms with van der Waals surface area (Å²) in [6.07, 6.45) is 1.62. The van der Waals surface area contributed by atoms with E-state index in [-0.39, 0.29) is 17.3 Å². The van der Waals surface area contributed by atoms with Crippen molar-refractivity contribution in [3.05, 3.63) is 114 Å². The maximum absolute atomic E-state index is 13.2. The zero-order valence-electron chi connectivity index (χ0n) is 20.2. The Morgan fingerprint density at radius 3 is 2.36 bits per heavy atom. The van der Waals surface area contributed by atoms with Crippen molar-refractivity contribution < 1.29 is 19.5 Å². The topological polar surface area (TPSA) is 149 Å². The first-order chi connectivity index (χ1) is 19.0. The lowest BCUT2D eigenvalue weighted by atomic mass is 10.0. The first-order valence-electron chi connectivity index (χ1n) is 11.9. The monoisotopic (exact) mass is 516 g/mol. The summed E-state index contributed by atoms with van der Waals surface area (Å²) in [6.45, 7) is 0. The number of nitrogens with zero attached hydrogens (tertiary/aromatic N) is 2. The van der Waals surface area contributed by atoms with Gasteiger partial charge in [-0.15, -0.1) is 0 Å². The van der Waals surface area contributed by atoms with E-state index in [1.54, 1.807) is 48.7 Å². The SMILES string of the molecule is O=C1Nc2cc(NC(=O)c3nc4ccccc4[nH]3)ccc2/C1=C(/Nc1ccc(C(=O)O)cc1)c1ccccn1. The number of para-hydroxylation sites is 2. The molecule has 0 atom stereocenters. The van der Waals surface area contributed by atoms with Gasteiger partial charge in [-0.05, 0) is 66.7 Å². The third-order valence-electron chi connectivity index (χ3n) is 6.20. The maximum atomic E-state index is 13.2. The molecule has 190 valence electrons. The van der Waals surface area contributed by atoms with Gasteiger partial charge in [0.25, 0.3) is 11.8 Å². The minimum atomic E-state index is -1.03. The highest BCUT2D eigenvalue weighted by Gasteiger charge is 2.29. The predicted octanol–water partition coefficient (Wildman–Crippen LogP) is 4.84. The van der Waals surface area contributed by atoms with E-state index in [0.29, 0.717) is 45.1 Å². The van der Waals surface area contributed by atoms with Crippen LogP contribution in [0.3, 0.4) is 0 Å². The van der Waals surface area contributed by atoms with E-state index in [9.17, 15) is 19.5 Å². The van der Waals surface area contributed by atoms with Crippen LogP contribution >= 0.6 is 0 Å². The summed E-state index contributed by atoms with van der Waals surface area (Å²) in [7, 11) is 0. The summed E-state index contributed by atoms with van der Waals surface area (Å²) in [5.41, 5.74) is 5.15. The van der Waals surface area contributed by atoms with Gasteiger partial charge in [0, 0.05) is 23.1 Å². The first kappa shape index (κ1) is 23.6. The average Bonchev–Trinajstić information content (AvgIpc) is 3.53. The third-order valence-corrected chi connectivity index (χ3v) is 6.20. The van der Waals surface area contributed by atoms with Crippen LogP contribution in [0, 0.1) is 0 Å². The molecule has 5 N–H and O–H groups in total. The molecule has 0 fully saturated rings. The summed E-state index contributed by atoms with van der Waals surface area (Å²) < 4.78 is 0. The number of aromatic carboxylic acids is 1. The number of aromatic nitrogens is 3. The molecule has 6 rings (SSSR count). The lowest BCUT2D eigenvalue weighted by molar-refractivity contribution is -0.110. The Bertz CT molecular complexity index is 1760. The summed E-state index contributed by atoms with van der Waals surface area (Å²) in [5, 5.41) is 18.1. The van der Waals surface area contributed by atoms with Crippen LogP contribution < -0.4 is 16.0 Å². The van der Waals surface area contributed by atoms with E-state index in [1.807, 2.05) is 30.3 Å². The lowest BCUT2D eigenvalue weighted by Gasteiger charge is -2.14. The van der Waals surface area contributed by atoms with E-state index >= 15 is 0 Å². The van der Waals surface area contributed by atoms with Crippen LogP contribution in [0.1, 0.15) is 32.2 Å². The third kappa shape index (κ3) is 4.58. The molecule has 39 heavy (non-hydrogen) atoms. The summed E-state index contributed by atoms with van der Waals surface area (Å²) in [6, 6.07) is 24.0.